The van der Waals surface area contributed by atoms with E-state index in [1.807, 2.05) is 33.2 Å². The van der Waals surface area contributed by atoms with Gasteiger partial charge in [0.05, 0.1) is 12.1 Å². The molecule has 0 fully saturated rings. The second kappa shape index (κ2) is 4.64. The monoisotopic (exact) mass is 244 g/mol. The third kappa shape index (κ3) is 2.42. The fourth-order valence-electron chi connectivity index (χ4n) is 1.99. The zero-order valence-corrected chi connectivity index (χ0v) is 10.8. The summed E-state index contributed by atoms with van der Waals surface area (Å²) < 4.78 is 0. The first-order chi connectivity index (χ1) is 8.47. The first-order valence-electron chi connectivity index (χ1n) is 5.79. The highest BCUT2D eigenvalue weighted by molar-refractivity contribution is 6.18. The number of ketones is 1. The summed E-state index contributed by atoms with van der Waals surface area (Å²) in [6.07, 6.45) is 1.82. The van der Waals surface area contributed by atoms with Crippen molar-refractivity contribution < 1.29 is 9.59 Å². The fourth-order valence-corrected chi connectivity index (χ4v) is 1.99. The third-order valence-electron chi connectivity index (χ3n) is 2.75. The largest absolute Gasteiger partial charge is 0.383 e. The number of anilines is 1. The van der Waals surface area contributed by atoms with Crippen molar-refractivity contribution in [3.63, 3.8) is 0 Å². The van der Waals surface area contributed by atoms with Gasteiger partial charge in [-0.2, -0.15) is 0 Å². The zero-order valence-electron chi connectivity index (χ0n) is 10.8. The van der Waals surface area contributed by atoms with Crippen molar-refractivity contribution in [3.05, 3.63) is 41.1 Å². The molecule has 4 heteroatoms. The smallest absolute Gasteiger partial charge is 0.229 e. The molecule has 0 radical (unpaired) electrons. The molecule has 0 saturated carbocycles. The Hall–Kier alpha value is -2.10. The van der Waals surface area contributed by atoms with Gasteiger partial charge in [-0.1, -0.05) is 11.6 Å². The van der Waals surface area contributed by atoms with Gasteiger partial charge in [0.1, 0.15) is 0 Å². The van der Waals surface area contributed by atoms with E-state index in [0.717, 1.165) is 5.56 Å². The van der Waals surface area contributed by atoms with E-state index in [1.165, 1.54) is 0 Å². The number of aryl methyl sites for hydroxylation is 1. The van der Waals surface area contributed by atoms with E-state index in [9.17, 15) is 9.59 Å². The Bertz CT molecular complexity index is 545. The minimum atomic E-state index is -0.154. The molecule has 0 atom stereocenters. The Labute approximate surface area is 106 Å². The Balaban J connectivity index is 2.54. The van der Waals surface area contributed by atoms with Crippen molar-refractivity contribution >= 4 is 17.4 Å². The Morgan fingerprint density at radius 2 is 2.00 bits per heavy atom. The van der Waals surface area contributed by atoms with E-state index >= 15 is 0 Å². The van der Waals surface area contributed by atoms with Crippen LogP contribution in [0.5, 0.6) is 0 Å². The van der Waals surface area contributed by atoms with Crippen LogP contribution in [-0.4, -0.2) is 30.7 Å². The first-order valence-corrected chi connectivity index (χ1v) is 5.79. The van der Waals surface area contributed by atoms with Crippen LogP contribution in [0.3, 0.4) is 0 Å². The van der Waals surface area contributed by atoms with Crippen molar-refractivity contribution in [1.82, 2.24) is 4.90 Å². The molecular weight excluding hydrogens is 228 g/mol. The maximum absolute atomic E-state index is 12.4. The number of amides is 1. The molecule has 1 amide bonds. The molecule has 1 N–H and O–H groups in total. The second-order valence-corrected chi connectivity index (χ2v) is 4.72. The number of rotatable bonds is 1. The molecular formula is C14H16N2O2. The van der Waals surface area contributed by atoms with Crippen LogP contribution >= 0.6 is 0 Å². The van der Waals surface area contributed by atoms with Gasteiger partial charge in [-0.25, -0.2) is 0 Å². The van der Waals surface area contributed by atoms with E-state index in [-0.39, 0.29) is 18.1 Å². The molecule has 18 heavy (non-hydrogen) atoms. The minimum absolute atomic E-state index is 0.0826. The Morgan fingerprint density at radius 3 is 2.67 bits per heavy atom. The molecule has 94 valence electrons. The van der Waals surface area contributed by atoms with Gasteiger partial charge in [0.15, 0.2) is 5.78 Å². The second-order valence-electron chi connectivity index (χ2n) is 4.72. The molecule has 1 aliphatic heterocycles. The third-order valence-corrected chi connectivity index (χ3v) is 2.75. The van der Waals surface area contributed by atoms with E-state index in [4.69, 9.17) is 0 Å². The number of hydrogen-bond donors (Lipinski definition) is 1. The Morgan fingerprint density at radius 1 is 1.28 bits per heavy atom. The van der Waals surface area contributed by atoms with Crippen LogP contribution in [0.1, 0.15) is 22.3 Å². The van der Waals surface area contributed by atoms with E-state index < -0.39 is 0 Å². The predicted octanol–water partition coefficient (Wildman–Crippen LogP) is 1.97. The van der Waals surface area contributed by atoms with E-state index in [0.29, 0.717) is 16.8 Å². The van der Waals surface area contributed by atoms with Gasteiger partial charge in [-0.3, -0.25) is 9.59 Å². The van der Waals surface area contributed by atoms with E-state index in [2.05, 4.69) is 5.32 Å². The van der Waals surface area contributed by atoms with Gasteiger partial charge in [-0.05, 0) is 19.1 Å². The van der Waals surface area contributed by atoms with Crippen molar-refractivity contribution in [2.45, 2.75) is 13.3 Å². The molecule has 0 unspecified atom stereocenters. The lowest BCUT2D eigenvalue weighted by atomic mass is 10.0. The van der Waals surface area contributed by atoms with Gasteiger partial charge >= 0.3 is 0 Å². The lowest BCUT2D eigenvalue weighted by Gasteiger charge is -2.09. The van der Waals surface area contributed by atoms with Gasteiger partial charge < -0.3 is 10.2 Å². The number of benzene rings is 1. The van der Waals surface area contributed by atoms with Crippen LogP contribution in [-0.2, 0) is 4.79 Å². The van der Waals surface area contributed by atoms with Crippen LogP contribution in [0.2, 0.25) is 0 Å². The molecule has 0 spiro atoms. The van der Waals surface area contributed by atoms with Crippen LogP contribution in [0.4, 0.5) is 5.69 Å². The summed E-state index contributed by atoms with van der Waals surface area (Å²) >= 11 is 0. The highest BCUT2D eigenvalue weighted by Gasteiger charge is 2.24. The van der Waals surface area contributed by atoms with E-state index in [1.54, 1.807) is 17.2 Å². The van der Waals surface area contributed by atoms with Gasteiger partial charge in [0.2, 0.25) is 5.91 Å². The van der Waals surface area contributed by atoms with Crippen molar-refractivity contribution in [2.75, 3.05) is 19.4 Å². The van der Waals surface area contributed by atoms with Crippen molar-refractivity contribution in [2.24, 2.45) is 0 Å². The summed E-state index contributed by atoms with van der Waals surface area (Å²) in [5, 5.41) is 2.76. The summed E-state index contributed by atoms with van der Waals surface area (Å²) in [5.74, 6) is -0.236. The summed E-state index contributed by atoms with van der Waals surface area (Å²) in [7, 11) is 3.67. The van der Waals surface area contributed by atoms with Crippen LogP contribution < -0.4 is 5.32 Å². The predicted molar refractivity (Wildman–Crippen MR) is 70.5 cm³/mol. The van der Waals surface area contributed by atoms with Crippen LogP contribution in [0.25, 0.3) is 0 Å². The van der Waals surface area contributed by atoms with Crippen LogP contribution in [0.15, 0.2) is 30.0 Å². The molecule has 1 aliphatic rings. The number of carbonyl (C=O) groups is 2. The molecule has 1 aromatic rings. The SMILES string of the molecule is Cc1ccc2c(c1)C(=O)/C(=C/N(C)C)CC(=O)N2. The quantitative estimate of drug-likeness (QED) is 0.768. The summed E-state index contributed by atoms with van der Waals surface area (Å²) in [4.78, 5) is 25.9. The molecule has 0 bridgehead atoms. The number of nitrogens with zero attached hydrogens (tertiary/aromatic N) is 1. The minimum Gasteiger partial charge on any atom is -0.383 e. The standard InChI is InChI=1S/C14H16N2O2/c1-9-4-5-12-11(6-9)14(18)10(8-16(2)3)7-13(17)15-12/h4-6,8H,7H2,1-3H3,(H,15,17)/b10-8+. The van der Waals surface area contributed by atoms with Gasteiger partial charge in [0.25, 0.3) is 0 Å². The maximum atomic E-state index is 12.4. The topological polar surface area (TPSA) is 49.4 Å². The summed E-state index contributed by atoms with van der Waals surface area (Å²) in [5.41, 5.74) is 2.68. The summed E-state index contributed by atoms with van der Waals surface area (Å²) in [6, 6.07) is 5.47. The number of Topliss-reactive ketones (excluding diaryl/α,β-unsaturated/α-hetero) is 1. The molecule has 4 nitrogen and oxygen atoms in total. The highest BCUT2D eigenvalue weighted by atomic mass is 16.2. The lowest BCUT2D eigenvalue weighted by Crippen LogP contribution is -2.12. The average molecular weight is 244 g/mol. The molecule has 1 aromatic carbocycles. The Kier molecular flexibility index (Phi) is 3.19. The average Bonchev–Trinajstić information content (AvgIpc) is 2.38. The van der Waals surface area contributed by atoms with Crippen molar-refractivity contribution in [1.29, 1.82) is 0 Å². The molecule has 0 saturated heterocycles. The fraction of sp³-hybridized carbons (Fsp3) is 0.286. The number of hydrogen-bond acceptors (Lipinski definition) is 3. The normalized spacial score (nSPS) is 17.2. The zero-order chi connectivity index (χ0) is 13.3. The lowest BCUT2D eigenvalue weighted by molar-refractivity contribution is -0.115. The first kappa shape index (κ1) is 12.4. The van der Waals surface area contributed by atoms with Gasteiger partial charge in [0, 0.05) is 31.4 Å². The summed E-state index contributed by atoms with van der Waals surface area (Å²) in [6.45, 7) is 1.93. The van der Waals surface area contributed by atoms with Gasteiger partial charge in [-0.15, -0.1) is 0 Å². The molecule has 0 aromatic heterocycles. The van der Waals surface area contributed by atoms with Crippen molar-refractivity contribution in [3.8, 4) is 0 Å². The number of nitrogens with one attached hydrogen (secondary N) is 1. The maximum Gasteiger partial charge on any atom is 0.229 e. The molecule has 0 aliphatic carbocycles. The molecule has 1 heterocycles. The number of fused-ring (bicyclic) bond motifs is 1. The molecule has 2 rings (SSSR count). The van der Waals surface area contributed by atoms with Crippen LogP contribution in [0, 0.1) is 6.92 Å². The number of carbonyl (C=O) groups excluding carboxylic acids is 2. The highest BCUT2D eigenvalue weighted by Crippen LogP contribution is 2.25.